The maximum absolute atomic E-state index is 12.2. The van der Waals surface area contributed by atoms with E-state index < -0.39 is 11.4 Å². The number of hydrogen-bond donors (Lipinski definition) is 1. The fraction of sp³-hybridized carbons (Fsp3) is 0.368. The lowest BCUT2D eigenvalue weighted by atomic mass is 9.87. The second-order valence-corrected chi connectivity index (χ2v) is 6.53. The fourth-order valence-corrected chi connectivity index (χ4v) is 3.41. The molecule has 0 amide bonds. The summed E-state index contributed by atoms with van der Waals surface area (Å²) >= 11 is 0. The highest BCUT2D eigenvalue weighted by molar-refractivity contribution is 5.87. The van der Waals surface area contributed by atoms with Crippen LogP contribution >= 0.6 is 0 Å². The van der Waals surface area contributed by atoms with E-state index in [0.29, 0.717) is 17.2 Å². The summed E-state index contributed by atoms with van der Waals surface area (Å²) in [4.78, 5) is 23.6. The van der Waals surface area contributed by atoms with Crippen molar-refractivity contribution in [3.63, 3.8) is 0 Å². The van der Waals surface area contributed by atoms with E-state index in [0.717, 1.165) is 17.5 Å². The Morgan fingerprint density at radius 3 is 2.40 bits per heavy atom. The first-order valence-electron chi connectivity index (χ1n) is 8.12. The van der Waals surface area contributed by atoms with Crippen LogP contribution < -0.4 is 14.9 Å². The van der Waals surface area contributed by atoms with Crippen LogP contribution in [-0.2, 0) is 6.42 Å². The summed E-state index contributed by atoms with van der Waals surface area (Å²) in [6, 6.07) is 5.24. The monoisotopic (exact) mass is 343 g/mol. The molecule has 25 heavy (non-hydrogen) atoms. The molecular weight excluding hydrogens is 322 g/mol. The van der Waals surface area contributed by atoms with Crippen LogP contribution in [0.15, 0.2) is 29.2 Å². The molecule has 1 N–H and O–H groups in total. The van der Waals surface area contributed by atoms with E-state index in [1.54, 1.807) is 14.2 Å². The number of methoxy groups -OCH3 is 2. The topological polar surface area (TPSA) is 77.8 Å². The summed E-state index contributed by atoms with van der Waals surface area (Å²) in [5, 5.41) is 9.29. The average molecular weight is 343 g/mol. The number of ether oxygens (including phenoxy) is 2. The Bertz CT molecular complexity index is 897. The van der Waals surface area contributed by atoms with Crippen LogP contribution in [0.5, 0.6) is 11.5 Å². The lowest BCUT2D eigenvalue weighted by molar-refractivity contribution is 0.0694. The molecule has 3 rings (SSSR count). The first kappa shape index (κ1) is 17.1. The van der Waals surface area contributed by atoms with Crippen molar-refractivity contribution in [2.75, 3.05) is 14.2 Å². The van der Waals surface area contributed by atoms with Crippen molar-refractivity contribution in [2.24, 2.45) is 5.92 Å². The molecule has 0 spiro atoms. The molecule has 1 aliphatic rings. The molecule has 1 aliphatic heterocycles. The van der Waals surface area contributed by atoms with E-state index in [-0.39, 0.29) is 17.5 Å². The summed E-state index contributed by atoms with van der Waals surface area (Å²) in [5.74, 6) is 0.275. The highest BCUT2D eigenvalue weighted by Gasteiger charge is 2.29. The minimum atomic E-state index is -1.21. The zero-order chi connectivity index (χ0) is 18.3. The van der Waals surface area contributed by atoms with E-state index in [4.69, 9.17) is 9.47 Å². The zero-order valence-corrected chi connectivity index (χ0v) is 14.7. The van der Waals surface area contributed by atoms with Gasteiger partial charge in [-0.15, -0.1) is 0 Å². The highest BCUT2D eigenvalue weighted by Crippen LogP contribution is 2.42. The van der Waals surface area contributed by atoms with Crippen LogP contribution in [0.2, 0.25) is 0 Å². The molecule has 0 bridgehead atoms. The molecular formula is C19H21NO5. The Kier molecular flexibility index (Phi) is 4.29. The Balaban J connectivity index is 2.31. The predicted octanol–water partition coefficient (Wildman–Crippen LogP) is 2.98. The van der Waals surface area contributed by atoms with Gasteiger partial charge in [0.1, 0.15) is 5.56 Å². The van der Waals surface area contributed by atoms with Crippen LogP contribution in [0.3, 0.4) is 0 Å². The van der Waals surface area contributed by atoms with Gasteiger partial charge < -0.3 is 19.1 Å². The van der Waals surface area contributed by atoms with Crippen molar-refractivity contribution < 1.29 is 19.4 Å². The van der Waals surface area contributed by atoms with Gasteiger partial charge in [-0.25, -0.2) is 4.79 Å². The number of aromatic carboxylic acids is 1. The van der Waals surface area contributed by atoms with Gasteiger partial charge >= 0.3 is 5.97 Å². The third kappa shape index (κ3) is 2.77. The quantitative estimate of drug-likeness (QED) is 0.923. The van der Waals surface area contributed by atoms with E-state index in [2.05, 4.69) is 13.8 Å². The van der Waals surface area contributed by atoms with E-state index in [1.807, 2.05) is 16.7 Å². The van der Waals surface area contributed by atoms with E-state index in [9.17, 15) is 14.7 Å². The number of carboxylic acid groups (broad SMARTS) is 1. The summed E-state index contributed by atoms with van der Waals surface area (Å²) < 4.78 is 12.7. The van der Waals surface area contributed by atoms with E-state index in [1.165, 1.54) is 12.3 Å². The molecule has 0 radical (unpaired) electrons. The summed E-state index contributed by atoms with van der Waals surface area (Å²) in [6.45, 7) is 4.16. The Morgan fingerprint density at radius 2 is 1.84 bits per heavy atom. The number of fused-ring (bicyclic) bond motifs is 3. The summed E-state index contributed by atoms with van der Waals surface area (Å²) in [5.41, 5.74) is 1.92. The Labute approximate surface area is 145 Å². The molecule has 6 nitrogen and oxygen atoms in total. The minimum absolute atomic E-state index is 0.0549. The van der Waals surface area contributed by atoms with Crippen LogP contribution in [0, 0.1) is 5.92 Å². The molecule has 0 unspecified atom stereocenters. The Hall–Kier alpha value is -2.76. The van der Waals surface area contributed by atoms with Crippen LogP contribution in [-0.4, -0.2) is 29.9 Å². The molecule has 0 saturated heterocycles. The average Bonchev–Trinajstić information content (AvgIpc) is 2.58. The Morgan fingerprint density at radius 1 is 1.20 bits per heavy atom. The zero-order valence-electron chi connectivity index (χ0n) is 14.7. The second-order valence-electron chi connectivity index (χ2n) is 6.53. The first-order chi connectivity index (χ1) is 11.9. The van der Waals surface area contributed by atoms with Crippen LogP contribution in [0.4, 0.5) is 0 Å². The largest absolute Gasteiger partial charge is 0.493 e. The molecule has 1 aromatic carbocycles. The number of benzene rings is 1. The van der Waals surface area contributed by atoms with Gasteiger partial charge in [-0.1, -0.05) is 13.8 Å². The van der Waals surface area contributed by atoms with Crippen molar-refractivity contribution in [3.8, 4) is 22.8 Å². The number of pyridine rings is 1. The van der Waals surface area contributed by atoms with Gasteiger partial charge in [0, 0.05) is 23.9 Å². The highest BCUT2D eigenvalue weighted by atomic mass is 16.5. The summed E-state index contributed by atoms with van der Waals surface area (Å²) in [7, 11) is 3.15. The van der Waals surface area contributed by atoms with Crippen LogP contribution in [0.1, 0.15) is 35.8 Å². The molecule has 0 saturated carbocycles. The number of aromatic nitrogens is 1. The van der Waals surface area contributed by atoms with Crippen molar-refractivity contribution in [1.29, 1.82) is 0 Å². The van der Waals surface area contributed by atoms with Gasteiger partial charge in [0.2, 0.25) is 0 Å². The van der Waals surface area contributed by atoms with Crippen molar-refractivity contribution in [1.82, 2.24) is 4.57 Å². The number of nitrogens with zero attached hydrogens (tertiary/aromatic N) is 1. The maximum Gasteiger partial charge on any atom is 0.341 e. The fourth-order valence-electron chi connectivity index (χ4n) is 3.41. The van der Waals surface area contributed by atoms with Gasteiger partial charge in [-0.2, -0.15) is 0 Å². The molecule has 132 valence electrons. The molecule has 6 heteroatoms. The predicted molar refractivity (Wildman–Crippen MR) is 93.8 cm³/mol. The lowest BCUT2D eigenvalue weighted by Crippen LogP contribution is -2.28. The standard InChI is InChI=1S/C19H21NO5/c1-10(2)14-5-11-6-17(24-3)18(25-4)7-12(11)15-8-16(21)13(19(22)23)9-20(14)15/h6-10,14H,5H2,1-4H3,(H,22,23)/t14-/m1/s1. The number of rotatable bonds is 4. The molecule has 2 aromatic rings. The van der Waals surface area contributed by atoms with E-state index >= 15 is 0 Å². The van der Waals surface area contributed by atoms with Gasteiger partial charge in [0.15, 0.2) is 16.9 Å². The van der Waals surface area contributed by atoms with Gasteiger partial charge in [-0.05, 0) is 30.0 Å². The third-order valence-corrected chi connectivity index (χ3v) is 4.75. The van der Waals surface area contributed by atoms with Gasteiger partial charge in [0.25, 0.3) is 0 Å². The maximum atomic E-state index is 12.2. The smallest absolute Gasteiger partial charge is 0.341 e. The molecule has 0 aliphatic carbocycles. The number of carboxylic acids is 1. The van der Waals surface area contributed by atoms with Crippen LogP contribution in [0.25, 0.3) is 11.3 Å². The van der Waals surface area contributed by atoms with Crippen molar-refractivity contribution in [3.05, 3.63) is 45.7 Å². The second kappa shape index (κ2) is 6.27. The first-order valence-corrected chi connectivity index (χ1v) is 8.12. The SMILES string of the molecule is COc1cc2c(cc1OC)-c1cc(=O)c(C(=O)O)cn1[C@@H](C(C)C)C2. The number of carbonyl (C=O) groups is 1. The molecule has 1 aromatic heterocycles. The molecule has 1 atom stereocenters. The summed E-state index contributed by atoms with van der Waals surface area (Å²) in [6.07, 6.45) is 2.19. The van der Waals surface area contributed by atoms with Crippen molar-refractivity contribution in [2.45, 2.75) is 26.3 Å². The molecule has 0 fully saturated rings. The van der Waals surface area contributed by atoms with Gasteiger partial charge in [0.05, 0.1) is 19.9 Å². The normalized spacial score (nSPS) is 15.5. The molecule has 2 heterocycles. The lowest BCUT2D eigenvalue weighted by Gasteiger charge is -2.33. The number of hydrogen-bond acceptors (Lipinski definition) is 4. The third-order valence-electron chi connectivity index (χ3n) is 4.75. The van der Waals surface area contributed by atoms with Crippen molar-refractivity contribution >= 4 is 5.97 Å². The van der Waals surface area contributed by atoms with Gasteiger partial charge in [-0.3, -0.25) is 4.79 Å². The minimum Gasteiger partial charge on any atom is -0.493 e.